The van der Waals surface area contributed by atoms with Gasteiger partial charge in [0.2, 0.25) is 11.6 Å². The molecule has 47 heavy (non-hydrogen) atoms. The molecule has 3 aliphatic carbocycles. The molecule has 4 atom stereocenters. The first kappa shape index (κ1) is 35.0. The minimum absolute atomic E-state index is 0.00377. The summed E-state index contributed by atoms with van der Waals surface area (Å²) in [6.07, 6.45) is 2.78. The van der Waals surface area contributed by atoms with Crippen molar-refractivity contribution in [3.05, 3.63) is 45.2 Å². The van der Waals surface area contributed by atoms with Gasteiger partial charge in [-0.05, 0) is 56.3 Å². The lowest BCUT2D eigenvalue weighted by atomic mass is 9.57. The number of nitrogens with one attached hydrogen (secondary N) is 1. The van der Waals surface area contributed by atoms with Gasteiger partial charge in [0.1, 0.15) is 17.1 Å². The highest BCUT2D eigenvalue weighted by molar-refractivity contribution is 6.26. The predicted molar refractivity (Wildman–Crippen MR) is 170 cm³/mol. The van der Waals surface area contributed by atoms with Gasteiger partial charge in [-0.15, -0.1) is 0 Å². The van der Waals surface area contributed by atoms with Gasteiger partial charge in [0.05, 0.1) is 24.8 Å². The first-order valence-corrected chi connectivity index (χ1v) is 16.6. The summed E-state index contributed by atoms with van der Waals surface area (Å²) < 4.78 is 49.2. The van der Waals surface area contributed by atoms with E-state index in [0.29, 0.717) is 19.4 Å². The van der Waals surface area contributed by atoms with Gasteiger partial charge >= 0.3 is 0 Å². The molecule has 0 saturated heterocycles. The Bertz CT molecular complexity index is 1580. The number of hydrogen-bond donors (Lipinski definition) is 3. The molecule has 0 spiro atoms. The highest BCUT2D eigenvalue weighted by Gasteiger charge is 2.65. The van der Waals surface area contributed by atoms with Crippen molar-refractivity contribution < 1.29 is 42.6 Å². The van der Waals surface area contributed by atoms with Gasteiger partial charge in [-0.2, -0.15) is 0 Å². The van der Waals surface area contributed by atoms with Crippen LogP contribution in [0.1, 0.15) is 106 Å². The highest BCUT2D eigenvalue weighted by Crippen LogP contribution is 2.56. The number of fused-ring (bicyclic) bond motifs is 4. The Labute approximate surface area is 274 Å². The number of Topliss-reactive ketones (excluding diaryl/α,β-unsaturated/α-hetero) is 2. The standard InChI is InChI=1S/C35H47F2N3O7/c1-8-10-12-45-29-20(16-38-17-34(3,4)5)26(37)25(36)19-14-18-15-21-27(40(6)7)30-24(33(39-47-30)46-13-11-9-2)32(43)35(21,44)31(42)22(18)28(41)23(19)29/h18,21,27,38,41,44H,8-17H2,1-7H3/t18-,21-,27-,35-/m0/s1. The average Bonchev–Trinajstić information content (AvgIpc) is 3.41. The van der Waals surface area contributed by atoms with Crippen molar-refractivity contribution in [2.75, 3.05) is 33.9 Å². The summed E-state index contributed by atoms with van der Waals surface area (Å²) in [5.74, 6) is -6.54. The third-order valence-corrected chi connectivity index (χ3v) is 9.45. The van der Waals surface area contributed by atoms with E-state index < -0.39 is 52.4 Å². The Morgan fingerprint density at radius 2 is 1.70 bits per heavy atom. The molecular weight excluding hydrogens is 612 g/mol. The summed E-state index contributed by atoms with van der Waals surface area (Å²) in [7, 11) is 3.44. The average molecular weight is 660 g/mol. The van der Waals surface area contributed by atoms with E-state index in [9.17, 15) is 19.8 Å². The summed E-state index contributed by atoms with van der Waals surface area (Å²) in [6.45, 7) is 10.8. The van der Waals surface area contributed by atoms with E-state index in [-0.39, 0.29) is 83.2 Å². The lowest BCUT2D eigenvalue weighted by Crippen LogP contribution is -2.63. The normalized spacial score (nSPS) is 23.9. The molecule has 0 aliphatic heterocycles. The Morgan fingerprint density at radius 3 is 2.32 bits per heavy atom. The van der Waals surface area contributed by atoms with Crippen LogP contribution in [0.5, 0.6) is 11.6 Å². The first-order valence-electron chi connectivity index (χ1n) is 16.6. The lowest BCUT2D eigenvalue weighted by molar-refractivity contribution is -0.142. The van der Waals surface area contributed by atoms with Crippen LogP contribution in [0.3, 0.4) is 0 Å². The van der Waals surface area contributed by atoms with Crippen molar-refractivity contribution >= 4 is 17.3 Å². The molecule has 0 unspecified atom stereocenters. The monoisotopic (exact) mass is 659 g/mol. The zero-order valence-corrected chi connectivity index (χ0v) is 28.4. The minimum atomic E-state index is -2.59. The van der Waals surface area contributed by atoms with Gasteiger partial charge in [0, 0.05) is 35.7 Å². The van der Waals surface area contributed by atoms with Crippen LogP contribution < -0.4 is 14.8 Å². The topological polar surface area (TPSA) is 134 Å². The van der Waals surface area contributed by atoms with E-state index in [1.54, 1.807) is 19.0 Å². The molecule has 3 N–H and O–H groups in total. The summed E-state index contributed by atoms with van der Waals surface area (Å²) >= 11 is 0. The summed E-state index contributed by atoms with van der Waals surface area (Å²) in [5, 5.41) is 31.2. The molecule has 258 valence electrons. The molecule has 10 nitrogen and oxygen atoms in total. The number of carbonyl (C=O) groups excluding carboxylic acids is 2. The van der Waals surface area contributed by atoms with Gasteiger partial charge in [-0.3, -0.25) is 14.5 Å². The maximum Gasteiger partial charge on any atom is 0.265 e. The highest BCUT2D eigenvalue weighted by atomic mass is 19.2. The van der Waals surface area contributed by atoms with Gasteiger partial charge in [-0.1, -0.05) is 47.5 Å². The molecule has 2 aromatic rings. The van der Waals surface area contributed by atoms with Gasteiger partial charge < -0.3 is 29.5 Å². The van der Waals surface area contributed by atoms with Gasteiger partial charge in [0.25, 0.3) is 5.88 Å². The maximum absolute atomic E-state index is 16.0. The number of nitrogens with zero attached hydrogens (tertiary/aromatic N) is 2. The Morgan fingerprint density at radius 1 is 1.04 bits per heavy atom. The number of aromatic nitrogens is 1. The van der Waals surface area contributed by atoms with Crippen molar-refractivity contribution in [3.63, 3.8) is 0 Å². The molecule has 1 fully saturated rings. The lowest BCUT2D eigenvalue weighted by Gasteiger charge is -2.49. The number of carbonyl (C=O) groups is 2. The number of aliphatic hydroxyl groups is 2. The summed E-state index contributed by atoms with van der Waals surface area (Å²) in [6, 6.07) is -0.774. The summed E-state index contributed by atoms with van der Waals surface area (Å²) in [4.78, 5) is 30.4. The maximum atomic E-state index is 16.0. The number of ketones is 2. The number of aliphatic hydroxyl groups excluding tert-OH is 1. The zero-order chi connectivity index (χ0) is 34.4. The van der Waals surface area contributed by atoms with Crippen LogP contribution in [0.15, 0.2) is 10.1 Å². The van der Waals surface area contributed by atoms with Crippen LogP contribution in [0, 0.1) is 28.9 Å². The van der Waals surface area contributed by atoms with Crippen LogP contribution >= 0.6 is 0 Å². The first-order chi connectivity index (χ1) is 22.2. The molecule has 0 radical (unpaired) electrons. The fourth-order valence-corrected chi connectivity index (χ4v) is 7.13. The number of unbranched alkanes of at least 4 members (excludes halogenated alkanes) is 2. The SMILES string of the molecule is CCCCOc1noc2c1C(=O)[C@@]1(O)C(=O)C3=C(O)c4c(c(F)c(F)c(CNCC(C)(C)C)c4OCCCC)C[C@H]3C[C@H]1[C@@H]2N(C)C. The molecule has 0 bridgehead atoms. The molecular formula is C35H47F2N3O7. The smallest absolute Gasteiger partial charge is 0.265 e. The Balaban J connectivity index is 1.65. The Hall–Kier alpha value is -3.35. The van der Waals surface area contributed by atoms with Crippen LogP contribution in [0.2, 0.25) is 0 Å². The predicted octanol–water partition coefficient (Wildman–Crippen LogP) is 5.71. The van der Waals surface area contributed by atoms with Crippen LogP contribution in [-0.4, -0.2) is 71.3 Å². The van der Waals surface area contributed by atoms with Crippen molar-refractivity contribution in [3.8, 4) is 11.6 Å². The fraction of sp³-hybridized carbons (Fsp3) is 0.629. The molecule has 1 aromatic heterocycles. The molecule has 1 heterocycles. The molecule has 3 aliphatic rings. The summed E-state index contributed by atoms with van der Waals surface area (Å²) in [5.41, 5.74) is -3.36. The zero-order valence-electron chi connectivity index (χ0n) is 28.4. The number of hydrogen-bond acceptors (Lipinski definition) is 10. The second-order valence-corrected chi connectivity index (χ2v) is 14.4. The van der Waals surface area contributed by atoms with Crippen LogP contribution in [0.4, 0.5) is 8.78 Å². The molecule has 1 aromatic carbocycles. The molecule has 0 amide bonds. The van der Waals surface area contributed by atoms with Crippen LogP contribution in [-0.2, 0) is 17.8 Å². The van der Waals surface area contributed by atoms with E-state index in [4.69, 9.17) is 14.0 Å². The Kier molecular flexibility index (Phi) is 9.88. The van der Waals surface area contributed by atoms with Crippen molar-refractivity contribution in [1.29, 1.82) is 0 Å². The molecule has 12 heteroatoms. The molecule has 1 saturated carbocycles. The second-order valence-electron chi connectivity index (χ2n) is 14.4. The van der Waals surface area contributed by atoms with Gasteiger partial charge in [0.15, 0.2) is 23.0 Å². The van der Waals surface area contributed by atoms with Crippen molar-refractivity contribution in [2.45, 2.75) is 91.3 Å². The fourth-order valence-electron chi connectivity index (χ4n) is 7.13. The third-order valence-electron chi connectivity index (χ3n) is 9.45. The van der Waals surface area contributed by atoms with E-state index >= 15 is 8.78 Å². The largest absolute Gasteiger partial charge is 0.507 e. The third kappa shape index (κ3) is 5.97. The van der Waals surface area contributed by atoms with Crippen LogP contribution in [0.25, 0.3) is 5.76 Å². The number of halogens is 2. The van der Waals surface area contributed by atoms with Gasteiger partial charge in [-0.25, -0.2) is 8.78 Å². The second kappa shape index (κ2) is 13.3. The molecule has 5 rings (SSSR count). The van der Waals surface area contributed by atoms with E-state index in [0.717, 1.165) is 12.8 Å². The van der Waals surface area contributed by atoms with Crippen molar-refractivity contribution in [2.24, 2.45) is 17.3 Å². The minimum Gasteiger partial charge on any atom is -0.507 e. The number of benzene rings is 1. The number of rotatable bonds is 12. The number of ether oxygens (including phenoxy) is 2. The van der Waals surface area contributed by atoms with Crippen molar-refractivity contribution in [1.82, 2.24) is 15.4 Å². The quantitative estimate of drug-likeness (QED) is 0.192. The van der Waals surface area contributed by atoms with E-state index in [2.05, 4.69) is 10.5 Å². The van der Waals surface area contributed by atoms with E-state index in [1.165, 1.54) is 0 Å². The van der Waals surface area contributed by atoms with E-state index in [1.807, 2.05) is 34.6 Å².